The summed E-state index contributed by atoms with van der Waals surface area (Å²) in [6.45, 7) is 10.1. The molecule has 0 aliphatic carbocycles. The SMILES string of the molecule is CNC(C)(C)C(=O)N[C@H](C(=O)N1C[C@@H](O)C[C@H]1Cc1cc(F)cc2[nH]c(-c3[nH]c4cc(F)ccc4c3C[C@@H]3C[C@H](O)CN3C(=O)[C@@H](NC(=O)C(C)(C)NC)C(C)OC)cc12)C(C)OC. The van der Waals surface area contributed by atoms with Crippen molar-refractivity contribution in [1.82, 2.24) is 41.0 Å². The van der Waals surface area contributed by atoms with Crippen molar-refractivity contribution >= 4 is 45.4 Å². The second-order valence-electron chi connectivity index (χ2n) is 18.4. The number of aliphatic hydroxyl groups excluding tert-OH is 2. The van der Waals surface area contributed by atoms with Crippen LogP contribution in [0.2, 0.25) is 0 Å². The summed E-state index contributed by atoms with van der Waals surface area (Å²) in [6.07, 6.45) is -2.29. The molecular formula is C46H64F2N8O8. The van der Waals surface area contributed by atoms with Gasteiger partial charge in [-0.1, -0.05) is 0 Å². The normalized spacial score (nSPS) is 21.3. The van der Waals surface area contributed by atoms with Crippen LogP contribution < -0.4 is 21.3 Å². The number of halogens is 2. The van der Waals surface area contributed by atoms with Gasteiger partial charge >= 0.3 is 0 Å². The number of likely N-dealkylation sites (N-methyl/N-ethyl adjacent to an activating group) is 2. The number of carbonyl (C=O) groups is 4. The lowest BCUT2D eigenvalue weighted by atomic mass is 9.97. The summed E-state index contributed by atoms with van der Waals surface area (Å²) < 4.78 is 41.4. The van der Waals surface area contributed by atoms with Crippen molar-refractivity contribution in [2.75, 3.05) is 41.4 Å². The van der Waals surface area contributed by atoms with Crippen molar-refractivity contribution in [3.63, 3.8) is 0 Å². The molecular weight excluding hydrogens is 831 g/mol. The maximum atomic E-state index is 15.5. The lowest BCUT2D eigenvalue weighted by Crippen LogP contribution is -2.61. The molecule has 8 atom stereocenters. The van der Waals surface area contributed by atoms with Crippen LogP contribution in [0.3, 0.4) is 0 Å². The summed E-state index contributed by atoms with van der Waals surface area (Å²) in [5.41, 5.74) is 1.34. The molecule has 2 aliphatic rings. The molecule has 2 aliphatic heterocycles. The van der Waals surface area contributed by atoms with E-state index in [9.17, 15) is 33.8 Å². The third-order valence-electron chi connectivity index (χ3n) is 13.3. The van der Waals surface area contributed by atoms with Crippen molar-refractivity contribution in [3.05, 3.63) is 59.2 Å². The lowest BCUT2D eigenvalue weighted by Gasteiger charge is -2.33. The van der Waals surface area contributed by atoms with E-state index in [1.54, 1.807) is 66.6 Å². The maximum absolute atomic E-state index is 15.5. The molecule has 2 unspecified atom stereocenters. The van der Waals surface area contributed by atoms with E-state index in [1.165, 1.54) is 43.4 Å². The largest absolute Gasteiger partial charge is 0.391 e. The Morgan fingerprint density at radius 1 is 0.734 bits per heavy atom. The zero-order valence-corrected chi connectivity index (χ0v) is 38.3. The van der Waals surface area contributed by atoms with Gasteiger partial charge in [-0.05, 0) is 129 Å². The number of β-amino-alcohol motifs (C(OH)–C–C–N with tert-alkyl or cyclic N) is 2. The number of hydrogen-bond acceptors (Lipinski definition) is 10. The van der Waals surface area contributed by atoms with Crippen LogP contribution in [-0.2, 0) is 41.5 Å². The number of rotatable bonds is 17. The van der Waals surface area contributed by atoms with E-state index >= 15 is 4.39 Å². The minimum atomic E-state index is -1.07. The van der Waals surface area contributed by atoms with Crippen LogP contribution in [0.25, 0.3) is 33.2 Å². The smallest absolute Gasteiger partial charge is 0.248 e. The fourth-order valence-corrected chi connectivity index (χ4v) is 8.71. The molecule has 64 heavy (non-hydrogen) atoms. The highest BCUT2D eigenvalue weighted by atomic mass is 19.1. The Hall–Kier alpha value is -4.98. The van der Waals surface area contributed by atoms with Crippen LogP contribution in [0.1, 0.15) is 65.5 Å². The van der Waals surface area contributed by atoms with Crippen molar-refractivity contribution in [3.8, 4) is 11.4 Å². The third kappa shape index (κ3) is 9.96. The Bertz CT molecular complexity index is 2370. The van der Waals surface area contributed by atoms with Crippen molar-refractivity contribution in [1.29, 1.82) is 0 Å². The first-order valence-electron chi connectivity index (χ1n) is 21.8. The van der Waals surface area contributed by atoms with E-state index < -0.39 is 94.9 Å². The fraction of sp³-hybridized carbons (Fsp3) is 0.565. The first-order valence-corrected chi connectivity index (χ1v) is 21.8. The summed E-state index contributed by atoms with van der Waals surface area (Å²) in [4.78, 5) is 64.9. The molecule has 18 heteroatoms. The number of methoxy groups -OCH3 is 2. The van der Waals surface area contributed by atoms with Gasteiger partial charge in [-0.15, -0.1) is 0 Å². The van der Waals surface area contributed by atoms with E-state index in [4.69, 9.17) is 9.47 Å². The number of H-pyrrole nitrogens is 2. The second kappa shape index (κ2) is 19.2. The molecule has 2 saturated heterocycles. The van der Waals surface area contributed by atoms with Gasteiger partial charge < -0.3 is 60.7 Å². The van der Waals surface area contributed by atoms with Crippen LogP contribution >= 0.6 is 0 Å². The molecule has 16 nitrogen and oxygen atoms in total. The molecule has 4 aromatic rings. The molecule has 0 saturated carbocycles. The van der Waals surface area contributed by atoms with Crippen LogP contribution in [0.4, 0.5) is 8.78 Å². The molecule has 0 spiro atoms. The molecule has 0 radical (unpaired) electrons. The topological polar surface area (TPSA) is 213 Å². The number of aliphatic hydroxyl groups is 2. The number of hydrogen-bond donors (Lipinski definition) is 8. The monoisotopic (exact) mass is 894 g/mol. The van der Waals surface area contributed by atoms with Gasteiger partial charge in [0, 0.05) is 61.2 Å². The van der Waals surface area contributed by atoms with Gasteiger partial charge in [-0.25, -0.2) is 8.78 Å². The zero-order valence-electron chi connectivity index (χ0n) is 38.3. The van der Waals surface area contributed by atoms with E-state index in [0.29, 0.717) is 38.8 Å². The number of aromatic nitrogens is 2. The van der Waals surface area contributed by atoms with Gasteiger partial charge in [0.1, 0.15) is 23.7 Å². The first kappa shape index (κ1) is 48.5. The van der Waals surface area contributed by atoms with E-state index in [-0.39, 0.29) is 38.8 Å². The minimum Gasteiger partial charge on any atom is -0.391 e. The van der Waals surface area contributed by atoms with Gasteiger partial charge in [0.2, 0.25) is 23.6 Å². The Kier molecular flexibility index (Phi) is 14.6. The van der Waals surface area contributed by atoms with Gasteiger partial charge in [0.15, 0.2) is 0 Å². The number of carbonyl (C=O) groups excluding carboxylic acids is 4. The average Bonchev–Trinajstić information content (AvgIpc) is 4.04. The van der Waals surface area contributed by atoms with Crippen molar-refractivity contribution < 1.29 is 47.6 Å². The van der Waals surface area contributed by atoms with Crippen LogP contribution in [0.5, 0.6) is 0 Å². The Morgan fingerprint density at radius 3 is 1.72 bits per heavy atom. The molecule has 4 amide bonds. The van der Waals surface area contributed by atoms with Crippen LogP contribution in [0, 0.1) is 11.6 Å². The Morgan fingerprint density at radius 2 is 1.22 bits per heavy atom. The summed E-state index contributed by atoms with van der Waals surface area (Å²) in [7, 11) is 6.18. The zero-order chi connectivity index (χ0) is 47.0. The van der Waals surface area contributed by atoms with Gasteiger partial charge in [-0.2, -0.15) is 0 Å². The number of nitrogens with zero attached hydrogens (tertiary/aromatic N) is 2. The Balaban J connectivity index is 1.34. The van der Waals surface area contributed by atoms with Crippen molar-refractivity contribution in [2.45, 2.75) is 127 Å². The number of benzene rings is 2. The molecule has 4 heterocycles. The second-order valence-corrected chi connectivity index (χ2v) is 18.4. The predicted molar refractivity (Wildman–Crippen MR) is 238 cm³/mol. The summed E-state index contributed by atoms with van der Waals surface area (Å²) in [5, 5.41) is 34.8. The number of ether oxygens (including phenoxy) is 2. The fourth-order valence-electron chi connectivity index (χ4n) is 8.71. The quantitative estimate of drug-likeness (QED) is 0.0777. The number of likely N-dealkylation sites (tertiary alicyclic amines) is 2. The summed E-state index contributed by atoms with van der Waals surface area (Å²) in [6, 6.07) is 5.74. The van der Waals surface area contributed by atoms with E-state index in [0.717, 1.165) is 5.56 Å². The van der Waals surface area contributed by atoms with Gasteiger partial charge in [-0.3, -0.25) is 19.2 Å². The molecule has 8 N–H and O–H groups in total. The van der Waals surface area contributed by atoms with Gasteiger partial charge in [0.25, 0.3) is 0 Å². The Labute approximate surface area is 372 Å². The molecule has 2 aromatic heterocycles. The third-order valence-corrected chi connectivity index (χ3v) is 13.3. The highest BCUT2D eigenvalue weighted by Crippen LogP contribution is 2.37. The number of fused-ring (bicyclic) bond motifs is 2. The summed E-state index contributed by atoms with van der Waals surface area (Å²) >= 11 is 0. The van der Waals surface area contributed by atoms with Crippen LogP contribution in [-0.4, -0.2) is 155 Å². The first-order chi connectivity index (χ1) is 30.1. The number of nitrogens with one attached hydrogen (secondary N) is 6. The van der Waals surface area contributed by atoms with Crippen molar-refractivity contribution in [2.24, 2.45) is 0 Å². The predicted octanol–water partition coefficient (Wildman–Crippen LogP) is 2.64. The number of amides is 4. The van der Waals surface area contributed by atoms with Crippen LogP contribution in [0.15, 0.2) is 36.4 Å². The summed E-state index contributed by atoms with van der Waals surface area (Å²) in [5.74, 6) is -2.68. The highest BCUT2D eigenvalue weighted by Gasteiger charge is 2.43. The molecule has 2 aromatic carbocycles. The highest BCUT2D eigenvalue weighted by molar-refractivity contribution is 5.96. The molecule has 350 valence electrons. The maximum Gasteiger partial charge on any atom is 0.248 e. The lowest BCUT2D eigenvalue weighted by molar-refractivity contribution is -0.142. The van der Waals surface area contributed by atoms with E-state index in [2.05, 4.69) is 31.2 Å². The molecule has 6 rings (SSSR count). The standard InChI is InChI=1S/C46H64F2N8O8/c1-23(63-9)38(53-43(61)45(3,4)49-7)41(59)55-21-30(57)17-28(55)14-25-13-27(48)16-36-33(25)20-37(51-36)40-34(32-12-11-26(47)15-35(32)52-40)19-29-18-31(58)22-56(29)42(60)39(24(2)64-10)54-44(62)46(5,6)50-8/h11-13,15-16,20,23-24,28-31,38-39,49-52,57-58H,14,17-19,21-22H2,1-10H3,(H,53,61)(H,54,62)/t23?,24?,28-,29+,30+,31+,38+,39+/m1/s1. The molecule has 2 fully saturated rings. The minimum absolute atomic E-state index is 0.00830. The van der Waals surface area contributed by atoms with Gasteiger partial charge in [0.05, 0.1) is 46.9 Å². The average molecular weight is 895 g/mol. The number of aromatic amines is 2. The molecule has 0 bridgehead atoms. The van der Waals surface area contributed by atoms with E-state index in [1.807, 2.05) is 6.07 Å².